The number of nitrogens with one attached hydrogen (secondary N) is 1. The van der Waals surface area contributed by atoms with Crippen molar-refractivity contribution in [1.82, 2.24) is 10.3 Å². The Balaban J connectivity index is 1.91. The van der Waals surface area contributed by atoms with Crippen LogP contribution in [0.4, 0.5) is 0 Å². The second-order valence-electron chi connectivity index (χ2n) is 6.23. The number of benzene rings is 2. The molecule has 0 saturated carbocycles. The van der Waals surface area contributed by atoms with Crippen molar-refractivity contribution in [3.05, 3.63) is 115 Å². The van der Waals surface area contributed by atoms with Gasteiger partial charge in [0.1, 0.15) is 0 Å². The van der Waals surface area contributed by atoms with E-state index in [0.717, 1.165) is 25.2 Å². The van der Waals surface area contributed by atoms with E-state index in [0.29, 0.717) is 0 Å². The third-order valence-corrected chi connectivity index (χ3v) is 4.60. The quantitative estimate of drug-likeness (QED) is 0.605. The maximum Gasteiger partial charge on any atom is 0.0541 e. The number of pyridine rings is 1. The summed E-state index contributed by atoms with van der Waals surface area (Å²) in [5, 5.41) is 3.61. The predicted octanol–water partition coefficient (Wildman–Crippen LogP) is 4.73. The van der Waals surface area contributed by atoms with E-state index in [9.17, 15) is 0 Å². The first kappa shape index (κ1) is 17.1. The SMILES string of the molecule is C=CCC(CNCc1ccccn1)(c1ccccc1)c1ccccc1. The highest BCUT2D eigenvalue weighted by atomic mass is 14.9. The zero-order valence-electron chi connectivity index (χ0n) is 14.4. The molecule has 0 radical (unpaired) electrons. The molecule has 0 unspecified atom stereocenters. The largest absolute Gasteiger partial charge is 0.310 e. The first-order valence-corrected chi connectivity index (χ1v) is 8.68. The molecule has 3 rings (SSSR count). The van der Waals surface area contributed by atoms with E-state index in [4.69, 9.17) is 0 Å². The van der Waals surface area contributed by atoms with Crippen molar-refractivity contribution in [2.24, 2.45) is 0 Å². The second-order valence-corrected chi connectivity index (χ2v) is 6.23. The van der Waals surface area contributed by atoms with Gasteiger partial charge in [-0.25, -0.2) is 0 Å². The maximum atomic E-state index is 4.41. The molecule has 2 nitrogen and oxygen atoms in total. The Bertz CT molecular complexity index is 727. The molecule has 0 bridgehead atoms. The highest BCUT2D eigenvalue weighted by Gasteiger charge is 2.32. The number of rotatable bonds is 8. The van der Waals surface area contributed by atoms with Crippen LogP contribution in [0.1, 0.15) is 23.2 Å². The third kappa shape index (κ3) is 4.04. The lowest BCUT2D eigenvalue weighted by atomic mass is 9.72. The summed E-state index contributed by atoms with van der Waals surface area (Å²) in [7, 11) is 0. The smallest absolute Gasteiger partial charge is 0.0541 e. The third-order valence-electron chi connectivity index (χ3n) is 4.60. The van der Waals surface area contributed by atoms with E-state index in [1.165, 1.54) is 11.1 Å². The van der Waals surface area contributed by atoms with E-state index in [-0.39, 0.29) is 5.41 Å². The van der Waals surface area contributed by atoms with E-state index in [1.54, 1.807) is 0 Å². The average Bonchev–Trinajstić information content (AvgIpc) is 2.69. The fourth-order valence-electron chi connectivity index (χ4n) is 3.35. The van der Waals surface area contributed by atoms with Crippen LogP contribution in [0.15, 0.2) is 97.7 Å². The molecule has 2 aromatic carbocycles. The van der Waals surface area contributed by atoms with Gasteiger partial charge in [-0.3, -0.25) is 4.98 Å². The molecule has 1 heterocycles. The van der Waals surface area contributed by atoms with Crippen molar-refractivity contribution in [2.45, 2.75) is 18.4 Å². The summed E-state index contributed by atoms with van der Waals surface area (Å²) in [5.74, 6) is 0. The van der Waals surface area contributed by atoms with Gasteiger partial charge in [-0.05, 0) is 29.7 Å². The topological polar surface area (TPSA) is 24.9 Å². The molecule has 0 saturated heterocycles. The summed E-state index contributed by atoms with van der Waals surface area (Å²) in [6.45, 7) is 5.60. The molecule has 25 heavy (non-hydrogen) atoms. The second kappa shape index (κ2) is 8.41. The van der Waals surface area contributed by atoms with Crippen molar-refractivity contribution in [2.75, 3.05) is 6.54 Å². The lowest BCUT2D eigenvalue weighted by Crippen LogP contribution is -2.39. The Labute approximate surface area is 150 Å². The molecule has 1 N–H and O–H groups in total. The Morgan fingerprint density at radius 2 is 1.44 bits per heavy atom. The van der Waals surface area contributed by atoms with Gasteiger partial charge in [0.25, 0.3) is 0 Å². The van der Waals surface area contributed by atoms with Gasteiger partial charge >= 0.3 is 0 Å². The fourth-order valence-corrected chi connectivity index (χ4v) is 3.35. The van der Waals surface area contributed by atoms with E-state index in [1.807, 2.05) is 30.5 Å². The zero-order chi connectivity index (χ0) is 17.4. The van der Waals surface area contributed by atoms with Crippen LogP contribution in [0.3, 0.4) is 0 Å². The standard InChI is InChI=1S/C23H24N2/c1-2-16-23(20-11-5-3-6-12-20,21-13-7-4-8-14-21)19-24-18-22-15-9-10-17-25-22/h2-15,17,24H,1,16,18-19H2. The van der Waals surface area contributed by atoms with Crippen molar-refractivity contribution in [1.29, 1.82) is 0 Å². The molecule has 3 aromatic rings. The minimum atomic E-state index is -0.140. The Hall–Kier alpha value is -2.71. The molecule has 0 aliphatic rings. The summed E-state index contributed by atoms with van der Waals surface area (Å²) in [6.07, 6.45) is 4.72. The molecule has 0 amide bonds. The zero-order valence-corrected chi connectivity index (χ0v) is 14.4. The monoisotopic (exact) mass is 328 g/mol. The van der Waals surface area contributed by atoms with Gasteiger partial charge in [-0.15, -0.1) is 6.58 Å². The highest BCUT2D eigenvalue weighted by Crippen LogP contribution is 2.35. The van der Waals surface area contributed by atoms with E-state index < -0.39 is 0 Å². The van der Waals surface area contributed by atoms with Gasteiger partial charge in [0.05, 0.1) is 5.69 Å². The van der Waals surface area contributed by atoms with Crippen LogP contribution in [0.25, 0.3) is 0 Å². The van der Waals surface area contributed by atoms with Crippen LogP contribution in [-0.2, 0) is 12.0 Å². The molecular weight excluding hydrogens is 304 g/mol. The van der Waals surface area contributed by atoms with E-state index in [2.05, 4.69) is 77.5 Å². The lowest BCUT2D eigenvalue weighted by molar-refractivity contribution is 0.465. The summed E-state index contributed by atoms with van der Waals surface area (Å²) < 4.78 is 0. The minimum Gasteiger partial charge on any atom is -0.310 e. The molecular formula is C23H24N2. The Morgan fingerprint density at radius 1 is 0.840 bits per heavy atom. The highest BCUT2D eigenvalue weighted by molar-refractivity contribution is 5.40. The summed E-state index contributed by atoms with van der Waals surface area (Å²) in [6, 6.07) is 27.4. The van der Waals surface area contributed by atoms with Gasteiger partial charge in [-0.2, -0.15) is 0 Å². The van der Waals surface area contributed by atoms with Crippen LogP contribution in [0.2, 0.25) is 0 Å². The van der Waals surface area contributed by atoms with Gasteiger partial charge in [0.2, 0.25) is 0 Å². The number of nitrogens with zero attached hydrogens (tertiary/aromatic N) is 1. The molecule has 0 aliphatic carbocycles. The average molecular weight is 328 g/mol. The summed E-state index contributed by atoms with van der Waals surface area (Å²) >= 11 is 0. The van der Waals surface area contributed by atoms with Crippen molar-refractivity contribution in [3.63, 3.8) is 0 Å². The maximum absolute atomic E-state index is 4.41. The van der Waals surface area contributed by atoms with Crippen molar-refractivity contribution < 1.29 is 0 Å². The molecule has 0 spiro atoms. The van der Waals surface area contributed by atoms with Crippen LogP contribution < -0.4 is 5.32 Å². The van der Waals surface area contributed by atoms with Crippen LogP contribution in [0, 0.1) is 0 Å². The van der Waals surface area contributed by atoms with Crippen LogP contribution in [0.5, 0.6) is 0 Å². The number of hydrogen-bond donors (Lipinski definition) is 1. The predicted molar refractivity (Wildman–Crippen MR) is 104 cm³/mol. The number of hydrogen-bond acceptors (Lipinski definition) is 2. The van der Waals surface area contributed by atoms with Crippen molar-refractivity contribution >= 4 is 0 Å². The normalized spacial score (nSPS) is 11.2. The fraction of sp³-hybridized carbons (Fsp3) is 0.174. The number of aromatic nitrogens is 1. The molecule has 0 aliphatic heterocycles. The minimum absolute atomic E-state index is 0.140. The van der Waals surface area contributed by atoms with Crippen LogP contribution in [-0.4, -0.2) is 11.5 Å². The van der Waals surface area contributed by atoms with E-state index >= 15 is 0 Å². The molecule has 2 heteroatoms. The van der Waals surface area contributed by atoms with Crippen LogP contribution >= 0.6 is 0 Å². The van der Waals surface area contributed by atoms with Gasteiger partial charge in [-0.1, -0.05) is 72.8 Å². The first-order valence-electron chi connectivity index (χ1n) is 8.68. The molecule has 0 atom stereocenters. The van der Waals surface area contributed by atoms with Gasteiger partial charge < -0.3 is 5.32 Å². The van der Waals surface area contributed by atoms with Gasteiger partial charge in [0.15, 0.2) is 0 Å². The molecule has 1 aromatic heterocycles. The molecule has 126 valence electrons. The lowest BCUT2D eigenvalue weighted by Gasteiger charge is -2.35. The van der Waals surface area contributed by atoms with Crippen molar-refractivity contribution in [3.8, 4) is 0 Å². The Morgan fingerprint density at radius 3 is 1.96 bits per heavy atom. The Kier molecular flexibility index (Phi) is 5.76. The molecule has 0 fully saturated rings. The summed E-state index contributed by atoms with van der Waals surface area (Å²) in [4.78, 5) is 4.41. The number of allylic oxidation sites excluding steroid dienone is 1. The first-order chi connectivity index (χ1) is 12.3. The van der Waals surface area contributed by atoms with Gasteiger partial charge in [0, 0.05) is 24.7 Å². The summed E-state index contributed by atoms with van der Waals surface area (Å²) in [5.41, 5.74) is 3.51.